The summed E-state index contributed by atoms with van der Waals surface area (Å²) in [6.07, 6.45) is 3.35. The van der Waals surface area contributed by atoms with Crippen molar-refractivity contribution in [2.24, 2.45) is 0 Å². The number of nitrogens with zero attached hydrogens (tertiary/aromatic N) is 2. The summed E-state index contributed by atoms with van der Waals surface area (Å²) in [6.45, 7) is 13.4. The van der Waals surface area contributed by atoms with Crippen LogP contribution in [0.1, 0.15) is 64.4 Å². The molecule has 3 heterocycles. The van der Waals surface area contributed by atoms with Gasteiger partial charge >= 0.3 is 7.12 Å². The quantitative estimate of drug-likeness (QED) is 0.771. The maximum absolute atomic E-state index is 6.36. The minimum absolute atomic E-state index is 0.0220. The van der Waals surface area contributed by atoms with Gasteiger partial charge in [-0.05, 0) is 72.3 Å². The zero-order valence-electron chi connectivity index (χ0n) is 16.8. The van der Waals surface area contributed by atoms with E-state index in [1.165, 1.54) is 12.0 Å². The van der Waals surface area contributed by atoms with Crippen LogP contribution in [-0.4, -0.2) is 34.7 Å². The molecule has 0 saturated carbocycles. The van der Waals surface area contributed by atoms with Crippen LogP contribution in [-0.2, 0) is 14.0 Å². The monoisotopic (exact) mass is 356 g/mol. The molecular formula is C20H29BN2O3. The lowest BCUT2D eigenvalue weighted by Gasteiger charge is -2.32. The van der Waals surface area contributed by atoms with Crippen LogP contribution in [0.3, 0.4) is 0 Å². The Morgan fingerprint density at radius 1 is 1.08 bits per heavy atom. The SMILES string of the molecule is Cc1ccc2c(c(C)nn2C2CCCCO2)c1B1OC(C)(C)C(C)(C)O1. The van der Waals surface area contributed by atoms with Crippen molar-refractivity contribution in [3.8, 4) is 0 Å². The fraction of sp³-hybridized carbons (Fsp3) is 0.650. The van der Waals surface area contributed by atoms with Gasteiger partial charge in [-0.3, -0.25) is 0 Å². The van der Waals surface area contributed by atoms with Crippen molar-refractivity contribution in [3.05, 3.63) is 23.4 Å². The second kappa shape index (κ2) is 6.08. The first kappa shape index (κ1) is 18.0. The van der Waals surface area contributed by atoms with Gasteiger partial charge in [-0.15, -0.1) is 0 Å². The molecule has 6 heteroatoms. The molecule has 1 unspecified atom stereocenters. The Labute approximate surface area is 156 Å². The zero-order valence-corrected chi connectivity index (χ0v) is 16.8. The first-order valence-electron chi connectivity index (χ1n) is 9.67. The number of fused-ring (bicyclic) bond motifs is 1. The lowest BCUT2D eigenvalue weighted by Crippen LogP contribution is -2.41. The number of hydrogen-bond acceptors (Lipinski definition) is 4. The first-order valence-corrected chi connectivity index (χ1v) is 9.67. The predicted molar refractivity (Wildman–Crippen MR) is 104 cm³/mol. The van der Waals surface area contributed by atoms with E-state index in [0.717, 1.165) is 41.5 Å². The fourth-order valence-corrected chi connectivity index (χ4v) is 3.95. The lowest BCUT2D eigenvalue weighted by atomic mass is 9.73. The van der Waals surface area contributed by atoms with Crippen molar-refractivity contribution in [2.75, 3.05) is 6.61 Å². The summed E-state index contributed by atoms with van der Waals surface area (Å²) in [6, 6.07) is 4.29. The Kier molecular flexibility index (Phi) is 4.21. The average Bonchev–Trinajstić information content (AvgIpc) is 3.02. The molecule has 26 heavy (non-hydrogen) atoms. The van der Waals surface area contributed by atoms with Crippen LogP contribution in [0.4, 0.5) is 0 Å². The number of rotatable bonds is 2. The Bertz CT molecular complexity index is 821. The van der Waals surface area contributed by atoms with E-state index in [4.69, 9.17) is 19.1 Å². The first-order chi connectivity index (χ1) is 12.2. The predicted octanol–water partition coefficient (Wildman–Crippen LogP) is 3.65. The summed E-state index contributed by atoms with van der Waals surface area (Å²) in [5.74, 6) is 0. The van der Waals surface area contributed by atoms with Gasteiger partial charge in [-0.25, -0.2) is 4.68 Å². The second-order valence-corrected chi connectivity index (χ2v) is 8.63. The van der Waals surface area contributed by atoms with Crippen molar-refractivity contribution < 1.29 is 14.0 Å². The van der Waals surface area contributed by atoms with E-state index in [0.29, 0.717) is 0 Å². The molecule has 0 bridgehead atoms. The number of aromatic nitrogens is 2. The summed E-state index contributed by atoms with van der Waals surface area (Å²) >= 11 is 0. The molecule has 5 nitrogen and oxygen atoms in total. The highest BCUT2D eigenvalue weighted by atomic mass is 16.7. The Hall–Kier alpha value is -1.37. The third-order valence-corrected chi connectivity index (χ3v) is 6.23. The average molecular weight is 356 g/mol. The summed E-state index contributed by atoms with van der Waals surface area (Å²) in [7, 11) is -0.382. The third-order valence-electron chi connectivity index (χ3n) is 6.23. The van der Waals surface area contributed by atoms with Crippen LogP contribution in [0.2, 0.25) is 0 Å². The molecule has 140 valence electrons. The summed E-state index contributed by atoms with van der Waals surface area (Å²) in [5, 5.41) is 5.98. The normalized spacial score (nSPS) is 25.2. The van der Waals surface area contributed by atoms with Crippen LogP contribution in [0.15, 0.2) is 12.1 Å². The van der Waals surface area contributed by atoms with Gasteiger partial charge in [0.25, 0.3) is 0 Å². The van der Waals surface area contributed by atoms with Gasteiger partial charge in [0.2, 0.25) is 0 Å². The van der Waals surface area contributed by atoms with Crippen molar-refractivity contribution in [2.45, 2.75) is 78.2 Å². The molecule has 1 aromatic heterocycles. The molecule has 1 aromatic carbocycles. The van der Waals surface area contributed by atoms with Crippen LogP contribution in [0, 0.1) is 13.8 Å². The number of hydrogen-bond donors (Lipinski definition) is 0. The van der Waals surface area contributed by atoms with Crippen molar-refractivity contribution in [1.29, 1.82) is 0 Å². The Balaban J connectivity index is 1.83. The van der Waals surface area contributed by atoms with E-state index in [1.807, 2.05) is 0 Å². The molecule has 2 aromatic rings. The molecule has 0 radical (unpaired) electrons. The van der Waals surface area contributed by atoms with Gasteiger partial charge in [-0.1, -0.05) is 11.6 Å². The van der Waals surface area contributed by atoms with Crippen molar-refractivity contribution in [3.63, 3.8) is 0 Å². The third kappa shape index (κ3) is 2.70. The highest BCUT2D eigenvalue weighted by Crippen LogP contribution is 2.38. The van der Waals surface area contributed by atoms with E-state index in [-0.39, 0.29) is 24.5 Å². The molecule has 2 saturated heterocycles. The molecular weight excluding hydrogens is 327 g/mol. The standard InChI is InChI=1S/C20H29BN2O3/c1-13-10-11-15-17(14(2)22-23(15)16-9-7-8-12-24-16)18(13)21-25-19(3,4)20(5,6)26-21/h10-11,16H,7-9,12H2,1-6H3. The highest BCUT2D eigenvalue weighted by Gasteiger charge is 2.52. The van der Waals surface area contributed by atoms with E-state index in [1.54, 1.807) is 0 Å². The van der Waals surface area contributed by atoms with Gasteiger partial charge in [-0.2, -0.15) is 5.10 Å². The summed E-state index contributed by atoms with van der Waals surface area (Å²) < 4.78 is 20.8. The van der Waals surface area contributed by atoms with Crippen LogP contribution >= 0.6 is 0 Å². The fourth-order valence-electron chi connectivity index (χ4n) is 3.95. The van der Waals surface area contributed by atoms with E-state index < -0.39 is 0 Å². The van der Waals surface area contributed by atoms with Gasteiger partial charge in [0.1, 0.15) is 0 Å². The van der Waals surface area contributed by atoms with Crippen LogP contribution < -0.4 is 5.46 Å². The molecule has 2 aliphatic heterocycles. The zero-order chi connectivity index (χ0) is 18.7. The van der Waals surface area contributed by atoms with Gasteiger partial charge in [0.15, 0.2) is 6.23 Å². The largest absolute Gasteiger partial charge is 0.495 e. The molecule has 0 amide bonds. The molecule has 0 spiro atoms. The maximum atomic E-state index is 6.36. The molecule has 4 rings (SSSR count). The van der Waals surface area contributed by atoms with Crippen LogP contribution in [0.25, 0.3) is 10.9 Å². The lowest BCUT2D eigenvalue weighted by molar-refractivity contribution is -0.0368. The summed E-state index contributed by atoms with van der Waals surface area (Å²) in [4.78, 5) is 0. The van der Waals surface area contributed by atoms with Crippen LogP contribution in [0.5, 0.6) is 0 Å². The number of benzene rings is 1. The number of ether oxygens (including phenoxy) is 1. The van der Waals surface area contributed by atoms with E-state index in [2.05, 4.69) is 58.4 Å². The van der Waals surface area contributed by atoms with E-state index >= 15 is 0 Å². The Morgan fingerprint density at radius 2 is 1.77 bits per heavy atom. The van der Waals surface area contributed by atoms with Gasteiger partial charge < -0.3 is 14.0 Å². The van der Waals surface area contributed by atoms with Crippen molar-refractivity contribution in [1.82, 2.24) is 9.78 Å². The van der Waals surface area contributed by atoms with E-state index in [9.17, 15) is 0 Å². The molecule has 1 atom stereocenters. The second-order valence-electron chi connectivity index (χ2n) is 8.63. The van der Waals surface area contributed by atoms with Crippen molar-refractivity contribution >= 4 is 23.5 Å². The maximum Gasteiger partial charge on any atom is 0.495 e. The topological polar surface area (TPSA) is 45.5 Å². The Morgan fingerprint density at radius 3 is 2.38 bits per heavy atom. The summed E-state index contributed by atoms with van der Waals surface area (Å²) in [5.41, 5.74) is 3.65. The van der Waals surface area contributed by atoms with Gasteiger partial charge in [0.05, 0.1) is 22.4 Å². The minimum atomic E-state index is -0.382. The highest BCUT2D eigenvalue weighted by molar-refractivity contribution is 6.65. The minimum Gasteiger partial charge on any atom is -0.399 e. The number of aryl methyl sites for hydroxylation is 2. The smallest absolute Gasteiger partial charge is 0.399 e. The molecule has 2 fully saturated rings. The van der Waals surface area contributed by atoms with Gasteiger partial charge in [0, 0.05) is 12.0 Å². The molecule has 0 N–H and O–H groups in total. The molecule has 2 aliphatic rings. The molecule has 0 aliphatic carbocycles.